The van der Waals surface area contributed by atoms with Crippen LogP contribution < -0.4 is 5.32 Å². The highest BCUT2D eigenvalue weighted by Gasteiger charge is 2.41. The summed E-state index contributed by atoms with van der Waals surface area (Å²) in [4.78, 5) is 25.2. The van der Waals surface area contributed by atoms with Crippen LogP contribution >= 0.6 is 0 Å². The molecule has 1 fully saturated rings. The third kappa shape index (κ3) is 3.99. The molecular weight excluding hydrogens is 256 g/mol. The lowest BCUT2D eigenvalue weighted by Crippen LogP contribution is -2.51. The Kier molecular flexibility index (Phi) is 6.05. The van der Waals surface area contributed by atoms with E-state index in [1.165, 1.54) is 0 Å². The fourth-order valence-corrected chi connectivity index (χ4v) is 2.80. The van der Waals surface area contributed by atoms with E-state index in [1.807, 2.05) is 13.8 Å². The maximum absolute atomic E-state index is 12.1. The van der Waals surface area contributed by atoms with Gasteiger partial charge < -0.3 is 15.3 Å². The molecule has 1 heterocycles. The molecule has 5 heteroatoms. The molecule has 1 rings (SSSR count). The van der Waals surface area contributed by atoms with Crippen molar-refractivity contribution in [2.24, 2.45) is 5.41 Å². The van der Waals surface area contributed by atoms with Crippen molar-refractivity contribution in [3.63, 3.8) is 0 Å². The number of hydrogen-bond donors (Lipinski definition) is 2. The first-order valence-electron chi connectivity index (χ1n) is 7.35. The molecule has 1 atom stereocenters. The van der Waals surface area contributed by atoms with Gasteiger partial charge in [0.1, 0.15) is 0 Å². The summed E-state index contributed by atoms with van der Waals surface area (Å²) in [5.74, 6) is -0.723. The summed E-state index contributed by atoms with van der Waals surface area (Å²) in [6, 6.07) is -0.0448. The van der Waals surface area contributed by atoms with E-state index >= 15 is 0 Å². The van der Waals surface area contributed by atoms with Crippen LogP contribution in [0.15, 0.2) is 12.7 Å². The van der Waals surface area contributed by atoms with Gasteiger partial charge in [-0.25, -0.2) is 4.79 Å². The van der Waals surface area contributed by atoms with Gasteiger partial charge in [0, 0.05) is 19.1 Å². The monoisotopic (exact) mass is 282 g/mol. The van der Waals surface area contributed by atoms with Gasteiger partial charge >= 0.3 is 12.0 Å². The van der Waals surface area contributed by atoms with E-state index in [4.69, 9.17) is 0 Å². The SMILES string of the molecule is C=CCC(C)NC(=O)N1CCC(CCC)(C(=O)O)CC1. The van der Waals surface area contributed by atoms with Crippen LogP contribution in [-0.4, -0.2) is 41.1 Å². The molecule has 1 aliphatic heterocycles. The molecule has 1 aliphatic rings. The van der Waals surface area contributed by atoms with Crippen molar-refractivity contribution >= 4 is 12.0 Å². The number of carboxylic acid groups (broad SMARTS) is 1. The molecule has 1 unspecified atom stereocenters. The zero-order chi connectivity index (χ0) is 15.2. The summed E-state index contributed by atoms with van der Waals surface area (Å²) in [5, 5.41) is 12.3. The lowest BCUT2D eigenvalue weighted by atomic mass is 9.75. The van der Waals surface area contributed by atoms with E-state index in [0.29, 0.717) is 32.4 Å². The minimum Gasteiger partial charge on any atom is -0.481 e. The second-order valence-corrected chi connectivity index (χ2v) is 5.70. The largest absolute Gasteiger partial charge is 0.481 e. The lowest BCUT2D eigenvalue weighted by molar-refractivity contribution is -0.152. The van der Waals surface area contributed by atoms with Gasteiger partial charge in [0.05, 0.1) is 5.41 Å². The number of nitrogens with one attached hydrogen (secondary N) is 1. The van der Waals surface area contributed by atoms with Crippen molar-refractivity contribution in [2.45, 2.75) is 52.0 Å². The predicted octanol–water partition coefficient (Wildman–Crippen LogP) is 2.63. The van der Waals surface area contributed by atoms with Gasteiger partial charge in [-0.1, -0.05) is 19.4 Å². The maximum atomic E-state index is 12.1. The zero-order valence-corrected chi connectivity index (χ0v) is 12.5. The third-order valence-corrected chi connectivity index (χ3v) is 4.08. The van der Waals surface area contributed by atoms with Crippen molar-refractivity contribution in [3.05, 3.63) is 12.7 Å². The molecule has 20 heavy (non-hydrogen) atoms. The summed E-state index contributed by atoms with van der Waals surface area (Å²) in [6.07, 6.45) is 5.13. The second kappa shape index (κ2) is 7.31. The Labute approximate surface area is 121 Å². The summed E-state index contributed by atoms with van der Waals surface area (Å²) in [5.41, 5.74) is -0.641. The van der Waals surface area contributed by atoms with Crippen molar-refractivity contribution in [1.29, 1.82) is 0 Å². The fraction of sp³-hybridized carbons (Fsp3) is 0.733. The second-order valence-electron chi connectivity index (χ2n) is 5.70. The van der Waals surface area contributed by atoms with E-state index < -0.39 is 11.4 Å². The number of likely N-dealkylation sites (tertiary alicyclic amines) is 1. The first kappa shape index (κ1) is 16.5. The minimum atomic E-state index is -0.723. The number of nitrogens with zero attached hydrogens (tertiary/aromatic N) is 1. The van der Waals surface area contributed by atoms with Crippen LogP contribution in [0.2, 0.25) is 0 Å². The van der Waals surface area contributed by atoms with Crippen LogP contribution in [0.5, 0.6) is 0 Å². The molecule has 2 amide bonds. The number of aliphatic carboxylic acids is 1. The Morgan fingerprint density at radius 1 is 1.45 bits per heavy atom. The van der Waals surface area contributed by atoms with Crippen molar-refractivity contribution in [2.75, 3.05) is 13.1 Å². The molecule has 5 nitrogen and oxygen atoms in total. The van der Waals surface area contributed by atoms with Crippen LogP contribution in [0.1, 0.15) is 46.0 Å². The van der Waals surface area contributed by atoms with Gasteiger partial charge in [-0.05, 0) is 32.6 Å². The quantitative estimate of drug-likeness (QED) is 0.736. The van der Waals surface area contributed by atoms with Gasteiger partial charge in [-0.15, -0.1) is 6.58 Å². The molecule has 2 N–H and O–H groups in total. The van der Waals surface area contributed by atoms with Crippen molar-refractivity contribution in [3.8, 4) is 0 Å². The van der Waals surface area contributed by atoms with E-state index in [1.54, 1.807) is 11.0 Å². The summed E-state index contributed by atoms with van der Waals surface area (Å²) in [6.45, 7) is 8.61. The van der Waals surface area contributed by atoms with Crippen LogP contribution in [0.4, 0.5) is 4.79 Å². The normalized spacial score (nSPS) is 19.2. The lowest BCUT2D eigenvalue weighted by Gasteiger charge is -2.39. The van der Waals surface area contributed by atoms with Gasteiger partial charge in [-0.2, -0.15) is 0 Å². The Bertz CT molecular complexity index is 360. The number of carbonyl (C=O) groups is 2. The first-order valence-corrected chi connectivity index (χ1v) is 7.35. The highest BCUT2D eigenvalue weighted by atomic mass is 16.4. The fourth-order valence-electron chi connectivity index (χ4n) is 2.80. The predicted molar refractivity (Wildman–Crippen MR) is 78.6 cm³/mol. The Hall–Kier alpha value is -1.52. The number of rotatable bonds is 6. The van der Waals surface area contributed by atoms with Crippen LogP contribution in [0.3, 0.4) is 0 Å². The van der Waals surface area contributed by atoms with Crippen LogP contribution in [0, 0.1) is 5.41 Å². The number of urea groups is 1. The van der Waals surface area contributed by atoms with Gasteiger partial charge in [0.25, 0.3) is 0 Å². The zero-order valence-electron chi connectivity index (χ0n) is 12.5. The molecule has 1 saturated heterocycles. The Balaban J connectivity index is 2.54. The first-order chi connectivity index (χ1) is 9.45. The number of carboxylic acids is 1. The van der Waals surface area contributed by atoms with Gasteiger partial charge in [0.2, 0.25) is 0 Å². The van der Waals surface area contributed by atoms with Gasteiger partial charge in [0.15, 0.2) is 0 Å². The minimum absolute atomic E-state index is 0.0572. The highest BCUT2D eigenvalue weighted by Crippen LogP contribution is 2.36. The standard InChI is InChI=1S/C15H26N2O3/c1-4-6-12(3)16-14(20)17-10-8-15(7-5-2,9-11-17)13(18)19/h4,12H,1,5-11H2,2-3H3,(H,16,20)(H,18,19). The van der Waals surface area contributed by atoms with Gasteiger partial charge in [-0.3, -0.25) is 4.79 Å². The number of carbonyl (C=O) groups excluding carboxylic acids is 1. The summed E-state index contributed by atoms with van der Waals surface area (Å²) < 4.78 is 0. The molecule has 0 bridgehead atoms. The summed E-state index contributed by atoms with van der Waals surface area (Å²) in [7, 11) is 0. The highest BCUT2D eigenvalue weighted by molar-refractivity contribution is 5.77. The van der Waals surface area contributed by atoms with Crippen LogP contribution in [-0.2, 0) is 4.79 Å². The van der Waals surface area contributed by atoms with E-state index in [2.05, 4.69) is 11.9 Å². The van der Waals surface area contributed by atoms with E-state index in [0.717, 1.165) is 12.8 Å². The number of hydrogen-bond acceptors (Lipinski definition) is 2. The molecule has 0 saturated carbocycles. The average molecular weight is 282 g/mol. The Morgan fingerprint density at radius 2 is 2.05 bits per heavy atom. The maximum Gasteiger partial charge on any atom is 0.317 e. The van der Waals surface area contributed by atoms with E-state index in [9.17, 15) is 14.7 Å². The molecule has 0 aromatic rings. The smallest absolute Gasteiger partial charge is 0.317 e. The van der Waals surface area contributed by atoms with Crippen molar-refractivity contribution < 1.29 is 14.7 Å². The summed E-state index contributed by atoms with van der Waals surface area (Å²) >= 11 is 0. The molecular formula is C15H26N2O3. The molecule has 0 radical (unpaired) electrons. The molecule has 0 aromatic heterocycles. The Morgan fingerprint density at radius 3 is 2.50 bits per heavy atom. The van der Waals surface area contributed by atoms with Crippen molar-refractivity contribution in [1.82, 2.24) is 10.2 Å². The molecule has 0 spiro atoms. The molecule has 0 aromatic carbocycles. The topological polar surface area (TPSA) is 69.6 Å². The number of amides is 2. The molecule has 114 valence electrons. The van der Waals surface area contributed by atoms with Crippen LogP contribution in [0.25, 0.3) is 0 Å². The number of piperidine rings is 1. The average Bonchev–Trinajstić information content (AvgIpc) is 2.39. The third-order valence-electron chi connectivity index (χ3n) is 4.08. The van der Waals surface area contributed by atoms with E-state index in [-0.39, 0.29) is 12.1 Å². The molecule has 0 aliphatic carbocycles.